The summed E-state index contributed by atoms with van der Waals surface area (Å²) in [6.07, 6.45) is 1.23. The number of hydrogen-bond donors (Lipinski definition) is 5. The van der Waals surface area contributed by atoms with Gasteiger partial charge in [-0.2, -0.15) is 0 Å². The lowest BCUT2D eigenvalue weighted by atomic mass is 9.83. The van der Waals surface area contributed by atoms with Crippen molar-refractivity contribution in [3.8, 4) is 11.3 Å². The number of carbonyl (C=O) groups is 1. The molecule has 3 aromatic rings. The van der Waals surface area contributed by atoms with Gasteiger partial charge in [0, 0.05) is 15.1 Å². The van der Waals surface area contributed by atoms with Gasteiger partial charge >= 0.3 is 0 Å². The monoisotopic (exact) mass is 610 g/mol. The maximum atomic E-state index is 15.0. The highest BCUT2D eigenvalue weighted by molar-refractivity contribution is 14.1. The Morgan fingerprint density at radius 3 is 2.61 bits per heavy atom. The van der Waals surface area contributed by atoms with E-state index in [1.165, 1.54) is 30.5 Å². The third kappa shape index (κ3) is 5.80. The highest BCUT2D eigenvalue weighted by Gasteiger charge is 2.30. The number of nitrogens with one attached hydrogen (secondary N) is 1. The molecule has 190 valence electrons. The number of nitrogens with zero attached hydrogens (tertiary/aromatic N) is 2. The minimum Gasteiger partial charge on any atom is -0.394 e. The predicted molar refractivity (Wildman–Crippen MR) is 137 cm³/mol. The zero-order chi connectivity index (χ0) is 26.0. The second-order valence-electron chi connectivity index (χ2n) is 8.78. The summed E-state index contributed by atoms with van der Waals surface area (Å²) in [4.78, 5) is 21.5. The Hall–Kier alpha value is -2.74. The maximum Gasteiger partial charge on any atom is 0.254 e. The normalized spacial score (nSPS) is 20.7. The van der Waals surface area contributed by atoms with Gasteiger partial charge in [0.15, 0.2) is 0 Å². The number of hydrogen-bond acceptors (Lipinski definition) is 7. The Morgan fingerprint density at radius 2 is 1.94 bits per heavy atom. The molecule has 0 spiro atoms. The van der Waals surface area contributed by atoms with E-state index in [4.69, 9.17) is 5.73 Å². The Morgan fingerprint density at radius 1 is 1.17 bits per heavy atom. The number of carbonyl (C=O) groups excluding carboxylic acids is 1. The van der Waals surface area contributed by atoms with Crippen LogP contribution in [-0.2, 0) is 0 Å². The van der Waals surface area contributed by atoms with Gasteiger partial charge in [-0.05, 0) is 77.7 Å². The lowest BCUT2D eigenvalue weighted by molar-refractivity contribution is -0.0153. The molecule has 2 aromatic carbocycles. The quantitative estimate of drug-likeness (QED) is 0.270. The molecule has 1 saturated carbocycles. The van der Waals surface area contributed by atoms with Crippen LogP contribution in [0.25, 0.3) is 11.3 Å². The number of anilines is 1. The number of halogens is 3. The maximum absolute atomic E-state index is 15.0. The van der Waals surface area contributed by atoms with Gasteiger partial charge in [0.1, 0.15) is 23.1 Å². The largest absolute Gasteiger partial charge is 0.394 e. The molecule has 1 aliphatic carbocycles. The Labute approximate surface area is 219 Å². The first kappa shape index (κ1) is 26.3. The molecule has 6 N–H and O–H groups in total. The average Bonchev–Trinajstić information content (AvgIpc) is 2.83. The molecule has 36 heavy (non-hydrogen) atoms. The number of benzene rings is 2. The van der Waals surface area contributed by atoms with Crippen LogP contribution in [0.1, 0.15) is 52.8 Å². The third-order valence-corrected chi connectivity index (χ3v) is 6.90. The molecule has 4 rings (SSSR count). The molecule has 1 fully saturated rings. The van der Waals surface area contributed by atoms with Gasteiger partial charge in [-0.1, -0.05) is 6.07 Å². The molecular weight excluding hydrogens is 585 g/mol. The van der Waals surface area contributed by atoms with Gasteiger partial charge in [-0.25, -0.2) is 18.7 Å². The van der Waals surface area contributed by atoms with E-state index < -0.39 is 42.4 Å². The smallest absolute Gasteiger partial charge is 0.254 e. The Bertz CT molecular complexity index is 1260. The number of amides is 1. The van der Waals surface area contributed by atoms with Gasteiger partial charge in [-0.3, -0.25) is 4.79 Å². The average molecular weight is 610 g/mol. The summed E-state index contributed by atoms with van der Waals surface area (Å²) < 4.78 is 29.4. The number of aliphatic hydroxyl groups is 3. The van der Waals surface area contributed by atoms with E-state index in [2.05, 4.69) is 15.3 Å². The molecule has 1 amide bonds. The number of rotatable bonds is 6. The molecule has 1 aromatic heterocycles. The lowest BCUT2D eigenvalue weighted by Crippen LogP contribution is -2.33. The molecule has 1 heterocycles. The van der Waals surface area contributed by atoms with Crippen molar-refractivity contribution < 1.29 is 28.9 Å². The summed E-state index contributed by atoms with van der Waals surface area (Å²) >= 11 is 1.92. The summed E-state index contributed by atoms with van der Waals surface area (Å²) in [5.41, 5.74) is 7.20. The lowest BCUT2D eigenvalue weighted by Gasteiger charge is -2.29. The molecular formula is C25H25F2IN4O4. The second kappa shape index (κ2) is 11.1. The van der Waals surface area contributed by atoms with Crippen LogP contribution in [-0.4, -0.2) is 50.0 Å². The SMILES string of the molecule is Nc1ncc([C@@H]2CC[C@H](O)[C@H](O)C2)nc1-c1ccc(C(=O)NC(CO)c2cc(F)cc(I)c2)c(F)c1. The van der Waals surface area contributed by atoms with Crippen LogP contribution in [0.4, 0.5) is 14.6 Å². The highest BCUT2D eigenvalue weighted by atomic mass is 127. The van der Waals surface area contributed by atoms with Gasteiger partial charge in [0.05, 0.1) is 42.3 Å². The zero-order valence-electron chi connectivity index (χ0n) is 19.0. The standard InChI is InChI=1S/C25H25F2IN4O4/c26-15-5-14(6-16(28)9-15)20(11-33)32-25(36)17-3-1-13(7-18(17)27)23-24(29)30-10-19(31-23)12-2-4-21(34)22(35)8-12/h1,3,5-7,9-10,12,20-22,33-35H,2,4,8,11H2,(H2,29,30)(H,32,36)/t12-,20?,21+,22-/m1/s1. The minimum absolute atomic E-state index is 0.0767. The molecule has 11 heteroatoms. The Balaban J connectivity index is 1.56. The Kier molecular flexibility index (Phi) is 8.13. The van der Waals surface area contributed by atoms with E-state index in [1.807, 2.05) is 22.6 Å². The van der Waals surface area contributed by atoms with E-state index in [0.29, 0.717) is 39.7 Å². The topological polar surface area (TPSA) is 142 Å². The van der Waals surface area contributed by atoms with Crippen molar-refractivity contribution >= 4 is 34.3 Å². The van der Waals surface area contributed by atoms with E-state index in [1.54, 1.807) is 6.07 Å². The van der Waals surface area contributed by atoms with E-state index >= 15 is 4.39 Å². The zero-order valence-corrected chi connectivity index (χ0v) is 21.2. The molecule has 1 aliphatic rings. The summed E-state index contributed by atoms with van der Waals surface area (Å²) in [7, 11) is 0. The van der Waals surface area contributed by atoms with Gasteiger partial charge in [-0.15, -0.1) is 0 Å². The minimum atomic E-state index is -0.927. The molecule has 1 unspecified atom stereocenters. The number of nitrogens with two attached hydrogens (primary N) is 1. The molecule has 4 atom stereocenters. The summed E-state index contributed by atoms with van der Waals surface area (Å²) in [5, 5.41) is 32.0. The third-order valence-electron chi connectivity index (χ3n) is 6.28. The first-order valence-electron chi connectivity index (χ1n) is 11.3. The molecule has 0 saturated heterocycles. The van der Waals surface area contributed by atoms with E-state index in [-0.39, 0.29) is 23.0 Å². The predicted octanol–water partition coefficient (Wildman–Crippen LogP) is 3.06. The van der Waals surface area contributed by atoms with Crippen molar-refractivity contribution in [1.29, 1.82) is 0 Å². The first-order chi connectivity index (χ1) is 17.2. The van der Waals surface area contributed by atoms with Crippen molar-refractivity contribution in [2.24, 2.45) is 0 Å². The van der Waals surface area contributed by atoms with Crippen LogP contribution in [0.15, 0.2) is 42.6 Å². The molecule has 0 aliphatic heterocycles. The fourth-order valence-corrected chi connectivity index (χ4v) is 4.97. The number of aromatic nitrogens is 2. The molecule has 0 bridgehead atoms. The van der Waals surface area contributed by atoms with Crippen LogP contribution < -0.4 is 11.1 Å². The summed E-state index contributed by atoms with van der Waals surface area (Å²) in [5.74, 6) is -2.18. The second-order valence-corrected chi connectivity index (χ2v) is 10.0. The number of nitrogen functional groups attached to an aromatic ring is 1. The van der Waals surface area contributed by atoms with Gasteiger partial charge in [0.25, 0.3) is 5.91 Å². The highest BCUT2D eigenvalue weighted by Crippen LogP contribution is 2.34. The fourth-order valence-electron chi connectivity index (χ4n) is 4.31. The van der Waals surface area contributed by atoms with Crippen molar-refractivity contribution in [3.63, 3.8) is 0 Å². The van der Waals surface area contributed by atoms with Crippen molar-refractivity contribution in [2.75, 3.05) is 12.3 Å². The van der Waals surface area contributed by atoms with Crippen LogP contribution >= 0.6 is 22.6 Å². The van der Waals surface area contributed by atoms with Crippen molar-refractivity contribution in [3.05, 3.63) is 74.6 Å². The van der Waals surface area contributed by atoms with Gasteiger partial charge < -0.3 is 26.4 Å². The van der Waals surface area contributed by atoms with Crippen LogP contribution in [0.5, 0.6) is 0 Å². The van der Waals surface area contributed by atoms with Gasteiger partial charge in [0.2, 0.25) is 0 Å². The first-order valence-corrected chi connectivity index (χ1v) is 12.4. The van der Waals surface area contributed by atoms with Crippen molar-refractivity contribution in [1.82, 2.24) is 15.3 Å². The van der Waals surface area contributed by atoms with E-state index in [0.717, 1.165) is 6.07 Å². The fraction of sp³-hybridized carbons (Fsp3) is 0.320. The molecule has 0 radical (unpaired) electrons. The van der Waals surface area contributed by atoms with E-state index in [9.17, 15) is 24.5 Å². The van der Waals surface area contributed by atoms with Crippen molar-refractivity contribution in [2.45, 2.75) is 43.4 Å². The summed E-state index contributed by atoms with van der Waals surface area (Å²) in [6.45, 7) is -0.503. The summed E-state index contributed by atoms with van der Waals surface area (Å²) in [6, 6.07) is 7.08. The molecule has 8 nitrogen and oxygen atoms in total. The number of aliphatic hydroxyl groups excluding tert-OH is 3. The van der Waals surface area contributed by atoms with Crippen LogP contribution in [0, 0.1) is 15.2 Å². The van der Waals surface area contributed by atoms with Crippen LogP contribution in [0.2, 0.25) is 0 Å². The van der Waals surface area contributed by atoms with Crippen LogP contribution in [0.3, 0.4) is 0 Å².